The molecule has 0 aliphatic heterocycles. The van der Waals surface area contributed by atoms with Crippen molar-refractivity contribution in [2.75, 3.05) is 14.2 Å². The molecule has 4 nitrogen and oxygen atoms in total. The highest BCUT2D eigenvalue weighted by molar-refractivity contribution is 5.45. The topological polar surface area (TPSA) is 50.7 Å². The van der Waals surface area contributed by atoms with Gasteiger partial charge in [-0.15, -0.1) is 0 Å². The third-order valence-electron chi connectivity index (χ3n) is 4.30. The molecule has 0 bridgehead atoms. The maximum Gasteiger partial charge on any atom is 0.162 e. The Labute approximate surface area is 114 Å². The first-order chi connectivity index (χ1) is 9.00. The molecule has 1 aromatic rings. The standard InChI is InChI=1S/C15H23NO3/c1-15(2)12(8-13(15)19-4)16-9-10-6-5-7-11(18-3)14(10)17/h5-7,12-13,16-17H,8-9H2,1-4H3. The molecule has 1 aliphatic rings. The Balaban J connectivity index is 1.97. The van der Waals surface area contributed by atoms with Crippen molar-refractivity contribution in [3.63, 3.8) is 0 Å². The molecule has 4 heteroatoms. The van der Waals surface area contributed by atoms with Crippen LogP contribution < -0.4 is 10.1 Å². The Morgan fingerprint density at radius 2 is 2.11 bits per heavy atom. The van der Waals surface area contributed by atoms with E-state index in [1.807, 2.05) is 12.1 Å². The Morgan fingerprint density at radius 3 is 2.68 bits per heavy atom. The van der Waals surface area contributed by atoms with E-state index in [9.17, 15) is 5.11 Å². The largest absolute Gasteiger partial charge is 0.504 e. The van der Waals surface area contributed by atoms with Gasteiger partial charge in [0.2, 0.25) is 0 Å². The van der Waals surface area contributed by atoms with Gasteiger partial charge in [0.25, 0.3) is 0 Å². The van der Waals surface area contributed by atoms with E-state index in [-0.39, 0.29) is 11.2 Å². The fourth-order valence-electron chi connectivity index (χ4n) is 2.74. The lowest BCUT2D eigenvalue weighted by Crippen LogP contribution is -2.60. The first-order valence-electron chi connectivity index (χ1n) is 6.61. The Kier molecular flexibility index (Phi) is 4.02. The summed E-state index contributed by atoms with van der Waals surface area (Å²) in [5.41, 5.74) is 0.986. The summed E-state index contributed by atoms with van der Waals surface area (Å²) in [6.45, 7) is 5.04. The number of rotatable bonds is 5. The van der Waals surface area contributed by atoms with Gasteiger partial charge in [-0.1, -0.05) is 26.0 Å². The predicted molar refractivity (Wildman–Crippen MR) is 74.5 cm³/mol. The zero-order valence-corrected chi connectivity index (χ0v) is 12.1. The molecule has 0 radical (unpaired) electrons. The van der Waals surface area contributed by atoms with Gasteiger partial charge < -0.3 is 19.9 Å². The predicted octanol–water partition coefficient (Wildman–Crippen LogP) is 2.30. The zero-order valence-electron chi connectivity index (χ0n) is 12.1. The molecule has 1 saturated carbocycles. The minimum Gasteiger partial charge on any atom is -0.504 e. The molecule has 1 aliphatic carbocycles. The van der Waals surface area contributed by atoms with Gasteiger partial charge >= 0.3 is 0 Å². The van der Waals surface area contributed by atoms with Crippen LogP contribution in [0.15, 0.2) is 18.2 Å². The van der Waals surface area contributed by atoms with Crippen LogP contribution >= 0.6 is 0 Å². The van der Waals surface area contributed by atoms with Gasteiger partial charge in [-0.2, -0.15) is 0 Å². The second-order valence-electron chi connectivity index (χ2n) is 5.68. The normalized spacial score (nSPS) is 24.8. The number of hydrogen-bond donors (Lipinski definition) is 2. The maximum absolute atomic E-state index is 10.0. The third kappa shape index (κ3) is 2.55. The van der Waals surface area contributed by atoms with Crippen LogP contribution in [-0.2, 0) is 11.3 Å². The van der Waals surface area contributed by atoms with E-state index in [1.54, 1.807) is 20.3 Å². The Morgan fingerprint density at radius 1 is 1.37 bits per heavy atom. The molecule has 0 aromatic heterocycles. The summed E-state index contributed by atoms with van der Waals surface area (Å²) in [6, 6.07) is 5.96. The Bertz CT molecular complexity index is 445. The van der Waals surface area contributed by atoms with Crippen LogP contribution in [0.4, 0.5) is 0 Å². The lowest BCUT2D eigenvalue weighted by Gasteiger charge is -2.51. The van der Waals surface area contributed by atoms with Crippen LogP contribution in [0.25, 0.3) is 0 Å². The van der Waals surface area contributed by atoms with Gasteiger partial charge in [0.05, 0.1) is 13.2 Å². The molecule has 0 saturated heterocycles. The number of para-hydroxylation sites is 1. The van der Waals surface area contributed by atoms with E-state index >= 15 is 0 Å². The van der Waals surface area contributed by atoms with Crippen molar-refractivity contribution in [1.29, 1.82) is 0 Å². The summed E-state index contributed by atoms with van der Waals surface area (Å²) in [4.78, 5) is 0. The summed E-state index contributed by atoms with van der Waals surface area (Å²) < 4.78 is 10.5. The average molecular weight is 265 g/mol. The van der Waals surface area contributed by atoms with Crippen molar-refractivity contribution in [2.24, 2.45) is 5.41 Å². The van der Waals surface area contributed by atoms with E-state index in [0.717, 1.165) is 12.0 Å². The highest BCUT2D eigenvalue weighted by Crippen LogP contribution is 2.42. The monoisotopic (exact) mass is 265 g/mol. The lowest BCUT2D eigenvalue weighted by atomic mass is 9.64. The highest BCUT2D eigenvalue weighted by atomic mass is 16.5. The van der Waals surface area contributed by atoms with Crippen LogP contribution in [0.2, 0.25) is 0 Å². The molecule has 106 valence electrons. The molecule has 0 amide bonds. The molecular formula is C15H23NO3. The molecule has 0 heterocycles. The van der Waals surface area contributed by atoms with Crippen LogP contribution in [-0.4, -0.2) is 31.5 Å². The molecule has 2 unspecified atom stereocenters. The van der Waals surface area contributed by atoms with Crippen molar-refractivity contribution in [1.82, 2.24) is 5.32 Å². The number of hydrogen-bond acceptors (Lipinski definition) is 4. The van der Waals surface area contributed by atoms with Gasteiger partial charge in [0, 0.05) is 30.7 Å². The number of methoxy groups -OCH3 is 2. The van der Waals surface area contributed by atoms with Gasteiger partial charge in [-0.05, 0) is 12.5 Å². The van der Waals surface area contributed by atoms with Gasteiger partial charge in [0.1, 0.15) is 0 Å². The van der Waals surface area contributed by atoms with Gasteiger partial charge in [0.15, 0.2) is 11.5 Å². The van der Waals surface area contributed by atoms with Crippen LogP contribution in [0, 0.1) is 5.41 Å². The summed E-state index contributed by atoms with van der Waals surface area (Å²) in [6.07, 6.45) is 1.32. The van der Waals surface area contributed by atoms with E-state index in [4.69, 9.17) is 9.47 Å². The fraction of sp³-hybridized carbons (Fsp3) is 0.600. The zero-order chi connectivity index (χ0) is 14.0. The summed E-state index contributed by atoms with van der Waals surface area (Å²) in [7, 11) is 3.32. The molecule has 19 heavy (non-hydrogen) atoms. The second kappa shape index (κ2) is 5.39. The first-order valence-corrected chi connectivity index (χ1v) is 6.61. The minimum absolute atomic E-state index is 0.128. The smallest absolute Gasteiger partial charge is 0.162 e. The number of benzene rings is 1. The summed E-state index contributed by atoms with van der Waals surface area (Å²) in [5.74, 6) is 0.736. The molecule has 2 atom stereocenters. The van der Waals surface area contributed by atoms with Crippen LogP contribution in [0.3, 0.4) is 0 Å². The minimum atomic E-state index is 0.128. The average Bonchev–Trinajstić information content (AvgIpc) is 2.39. The van der Waals surface area contributed by atoms with Crippen LogP contribution in [0.1, 0.15) is 25.8 Å². The van der Waals surface area contributed by atoms with Gasteiger partial charge in [-0.3, -0.25) is 0 Å². The van der Waals surface area contributed by atoms with Crippen LogP contribution in [0.5, 0.6) is 11.5 Å². The molecule has 1 fully saturated rings. The number of phenols is 1. The maximum atomic E-state index is 10.0. The number of phenolic OH excluding ortho intramolecular Hbond substituents is 1. The Hall–Kier alpha value is -1.26. The number of nitrogens with one attached hydrogen (secondary N) is 1. The highest BCUT2D eigenvalue weighted by Gasteiger charge is 2.48. The number of ether oxygens (including phenoxy) is 2. The SMILES string of the molecule is COc1cccc(CNC2CC(OC)C2(C)C)c1O. The molecule has 2 rings (SSSR count). The summed E-state index contributed by atoms with van der Waals surface area (Å²) in [5, 5.41) is 13.5. The van der Waals surface area contributed by atoms with Crippen molar-refractivity contribution in [3.05, 3.63) is 23.8 Å². The third-order valence-corrected chi connectivity index (χ3v) is 4.30. The van der Waals surface area contributed by atoms with Crippen molar-refractivity contribution >= 4 is 0 Å². The van der Waals surface area contributed by atoms with Crippen molar-refractivity contribution in [2.45, 2.75) is 39.0 Å². The quantitative estimate of drug-likeness (QED) is 0.857. The van der Waals surface area contributed by atoms with E-state index in [1.165, 1.54) is 0 Å². The molecule has 2 N–H and O–H groups in total. The van der Waals surface area contributed by atoms with E-state index < -0.39 is 0 Å². The second-order valence-corrected chi connectivity index (χ2v) is 5.68. The van der Waals surface area contributed by atoms with E-state index in [0.29, 0.717) is 24.4 Å². The fourth-order valence-corrected chi connectivity index (χ4v) is 2.74. The molecule has 1 aromatic carbocycles. The lowest BCUT2D eigenvalue weighted by molar-refractivity contribution is -0.0979. The molecule has 0 spiro atoms. The van der Waals surface area contributed by atoms with E-state index in [2.05, 4.69) is 19.2 Å². The van der Waals surface area contributed by atoms with Crippen molar-refractivity contribution in [3.8, 4) is 11.5 Å². The van der Waals surface area contributed by atoms with Crippen molar-refractivity contribution < 1.29 is 14.6 Å². The summed E-state index contributed by atoms with van der Waals surface area (Å²) >= 11 is 0. The van der Waals surface area contributed by atoms with Gasteiger partial charge in [-0.25, -0.2) is 0 Å². The first kappa shape index (κ1) is 14.2. The molecular weight excluding hydrogens is 242 g/mol. The number of aromatic hydroxyl groups is 1.